The Hall–Kier alpha value is -3.26. The second-order valence-electron chi connectivity index (χ2n) is 10.2. The lowest BCUT2D eigenvalue weighted by Gasteiger charge is -2.55. The maximum atomic E-state index is 6.07. The van der Waals surface area contributed by atoms with Gasteiger partial charge in [-0.3, -0.25) is 4.90 Å². The highest BCUT2D eigenvalue weighted by Crippen LogP contribution is 2.59. The molecule has 0 N–H and O–H groups in total. The average molecular weight is 525 g/mol. The minimum absolute atomic E-state index is 0.0452. The number of benzene rings is 2. The van der Waals surface area contributed by atoms with Crippen molar-refractivity contribution in [1.82, 2.24) is 9.80 Å². The molecule has 3 atom stereocenters. The fraction of sp³-hybridized carbons (Fsp3) is 0.533. The van der Waals surface area contributed by atoms with Gasteiger partial charge in [0.15, 0.2) is 23.0 Å². The molecule has 0 radical (unpaired) electrons. The van der Waals surface area contributed by atoms with Crippen LogP contribution < -0.4 is 28.4 Å². The number of likely N-dealkylation sites (N-methyl/N-ethyl adjacent to an activating group) is 1. The number of rotatable bonds is 7. The standard InChI is InChI=1S/C30H40N2O6/c1-11-20-22-19(26(34-6)16(3)27(35-7)29(22)37-9)13-21-24-23-18(12-17(31(24)4)14-32(20)21)25(33-5)15(2)28(36-8)30(23)38-10/h13,17,20,24H,11-12,14H2,1-10H3/t17-,20-,24-/m0/s1. The molecule has 38 heavy (non-hydrogen) atoms. The Morgan fingerprint density at radius 1 is 0.737 bits per heavy atom. The highest BCUT2D eigenvalue weighted by molar-refractivity contribution is 5.77. The molecular formula is C30H40N2O6. The zero-order chi connectivity index (χ0) is 27.5. The predicted octanol–water partition coefficient (Wildman–Crippen LogP) is 5.07. The number of nitrogens with zero attached hydrogens (tertiary/aromatic N) is 2. The fourth-order valence-corrected chi connectivity index (χ4v) is 7.16. The van der Waals surface area contributed by atoms with Gasteiger partial charge in [0.2, 0.25) is 0 Å². The zero-order valence-electron chi connectivity index (χ0n) is 24.3. The first-order valence-electron chi connectivity index (χ1n) is 13.2. The summed E-state index contributed by atoms with van der Waals surface area (Å²) in [7, 11) is 12.5. The molecule has 3 heterocycles. The smallest absolute Gasteiger partial charge is 0.167 e. The lowest BCUT2D eigenvalue weighted by Crippen LogP contribution is -2.56. The van der Waals surface area contributed by atoms with Gasteiger partial charge in [-0.15, -0.1) is 0 Å². The van der Waals surface area contributed by atoms with Crippen molar-refractivity contribution in [1.29, 1.82) is 0 Å². The van der Waals surface area contributed by atoms with E-state index in [4.69, 9.17) is 28.4 Å². The lowest BCUT2D eigenvalue weighted by molar-refractivity contribution is 0.0458. The van der Waals surface area contributed by atoms with Crippen LogP contribution >= 0.6 is 0 Å². The first kappa shape index (κ1) is 26.4. The zero-order valence-corrected chi connectivity index (χ0v) is 24.3. The van der Waals surface area contributed by atoms with Crippen molar-refractivity contribution in [2.24, 2.45) is 0 Å². The van der Waals surface area contributed by atoms with E-state index in [1.165, 1.54) is 11.3 Å². The van der Waals surface area contributed by atoms with Gasteiger partial charge in [-0.05, 0) is 39.8 Å². The molecule has 206 valence electrons. The second kappa shape index (κ2) is 9.80. The van der Waals surface area contributed by atoms with E-state index in [-0.39, 0.29) is 12.1 Å². The highest BCUT2D eigenvalue weighted by Gasteiger charge is 2.49. The molecular weight excluding hydrogens is 484 g/mol. The van der Waals surface area contributed by atoms with E-state index in [1.54, 1.807) is 42.7 Å². The maximum Gasteiger partial charge on any atom is 0.167 e. The van der Waals surface area contributed by atoms with Crippen molar-refractivity contribution < 1.29 is 28.4 Å². The van der Waals surface area contributed by atoms with Gasteiger partial charge in [0, 0.05) is 51.7 Å². The van der Waals surface area contributed by atoms with Gasteiger partial charge < -0.3 is 33.3 Å². The fourth-order valence-electron chi connectivity index (χ4n) is 7.16. The molecule has 1 fully saturated rings. The second-order valence-corrected chi connectivity index (χ2v) is 10.2. The van der Waals surface area contributed by atoms with Gasteiger partial charge in [0.05, 0.1) is 54.7 Å². The van der Waals surface area contributed by atoms with E-state index >= 15 is 0 Å². The molecule has 1 saturated heterocycles. The summed E-state index contributed by atoms with van der Waals surface area (Å²) < 4.78 is 35.8. The van der Waals surface area contributed by atoms with E-state index in [0.29, 0.717) is 6.04 Å². The summed E-state index contributed by atoms with van der Waals surface area (Å²) in [6, 6.07) is 0.354. The molecule has 5 rings (SSSR count). The van der Waals surface area contributed by atoms with Gasteiger partial charge in [-0.1, -0.05) is 6.92 Å². The van der Waals surface area contributed by atoms with Gasteiger partial charge >= 0.3 is 0 Å². The number of piperazine rings is 1. The summed E-state index contributed by atoms with van der Waals surface area (Å²) in [5, 5.41) is 0. The molecule has 8 nitrogen and oxygen atoms in total. The molecule has 3 aliphatic heterocycles. The van der Waals surface area contributed by atoms with Crippen molar-refractivity contribution in [3.05, 3.63) is 39.1 Å². The Morgan fingerprint density at radius 2 is 1.26 bits per heavy atom. The summed E-state index contributed by atoms with van der Waals surface area (Å²) in [6.45, 7) is 7.17. The van der Waals surface area contributed by atoms with Crippen LogP contribution in [0.4, 0.5) is 0 Å². The van der Waals surface area contributed by atoms with Gasteiger partial charge in [0.25, 0.3) is 0 Å². The quantitative estimate of drug-likeness (QED) is 0.497. The van der Waals surface area contributed by atoms with Crippen LogP contribution in [0.15, 0.2) is 5.70 Å². The summed E-state index contributed by atoms with van der Waals surface area (Å²) in [6.07, 6.45) is 4.04. The minimum Gasteiger partial charge on any atom is -0.496 e. The number of ether oxygens (including phenoxy) is 6. The van der Waals surface area contributed by atoms with Crippen LogP contribution in [0, 0.1) is 13.8 Å². The topological polar surface area (TPSA) is 61.9 Å². The monoisotopic (exact) mass is 524 g/mol. The van der Waals surface area contributed by atoms with E-state index in [1.807, 2.05) is 13.8 Å². The number of methoxy groups -OCH3 is 6. The molecule has 0 spiro atoms. The summed E-state index contributed by atoms with van der Waals surface area (Å²) in [4.78, 5) is 5.02. The van der Waals surface area contributed by atoms with Crippen LogP contribution in [0.2, 0.25) is 0 Å². The number of hydrogen-bond donors (Lipinski definition) is 0. The van der Waals surface area contributed by atoms with Crippen LogP contribution in [0.25, 0.3) is 6.08 Å². The highest BCUT2D eigenvalue weighted by atomic mass is 16.5. The summed E-state index contributed by atoms with van der Waals surface area (Å²) >= 11 is 0. The molecule has 0 saturated carbocycles. The molecule has 3 aliphatic rings. The molecule has 0 aliphatic carbocycles. The third-order valence-corrected chi connectivity index (χ3v) is 8.73. The molecule has 0 aromatic heterocycles. The first-order valence-corrected chi connectivity index (χ1v) is 13.2. The van der Waals surface area contributed by atoms with Crippen LogP contribution in [-0.2, 0) is 6.42 Å². The summed E-state index contributed by atoms with van der Waals surface area (Å²) in [5.41, 5.74) is 7.57. The largest absolute Gasteiger partial charge is 0.496 e. The van der Waals surface area contributed by atoms with Crippen LogP contribution in [-0.4, -0.2) is 72.1 Å². The van der Waals surface area contributed by atoms with Crippen molar-refractivity contribution in [2.45, 2.75) is 51.7 Å². The van der Waals surface area contributed by atoms with Gasteiger partial charge in [-0.25, -0.2) is 0 Å². The Morgan fingerprint density at radius 3 is 1.79 bits per heavy atom. The molecule has 8 heteroatoms. The Kier molecular flexibility index (Phi) is 6.80. The Bertz CT molecular complexity index is 1300. The van der Waals surface area contributed by atoms with E-state index in [9.17, 15) is 0 Å². The molecule has 0 amide bonds. The average Bonchev–Trinajstić information content (AvgIpc) is 2.91. The van der Waals surface area contributed by atoms with Gasteiger partial charge in [0.1, 0.15) is 11.5 Å². The maximum absolute atomic E-state index is 6.07. The van der Waals surface area contributed by atoms with Crippen molar-refractivity contribution in [2.75, 3.05) is 56.3 Å². The van der Waals surface area contributed by atoms with Gasteiger partial charge in [-0.2, -0.15) is 0 Å². The van der Waals surface area contributed by atoms with Crippen LogP contribution in [0.1, 0.15) is 58.8 Å². The number of fused-ring (bicyclic) bond motifs is 7. The minimum atomic E-state index is -0.0452. The van der Waals surface area contributed by atoms with Crippen LogP contribution in [0.3, 0.4) is 0 Å². The van der Waals surface area contributed by atoms with E-state index in [2.05, 4.69) is 29.8 Å². The third-order valence-electron chi connectivity index (χ3n) is 8.73. The van der Waals surface area contributed by atoms with E-state index in [0.717, 1.165) is 81.7 Å². The Labute approximate surface area is 226 Å². The molecule has 2 aromatic rings. The first-order chi connectivity index (χ1) is 18.3. The normalized spacial score (nSPS) is 21.6. The van der Waals surface area contributed by atoms with E-state index < -0.39 is 0 Å². The Balaban J connectivity index is 1.86. The molecule has 0 unspecified atom stereocenters. The van der Waals surface area contributed by atoms with Crippen molar-refractivity contribution >= 4 is 6.08 Å². The van der Waals surface area contributed by atoms with Crippen molar-refractivity contribution in [3.63, 3.8) is 0 Å². The lowest BCUT2D eigenvalue weighted by atomic mass is 9.77. The van der Waals surface area contributed by atoms with Crippen LogP contribution in [0.5, 0.6) is 34.5 Å². The SMILES string of the molecule is CC[C@H]1c2c(c(OC)c(C)c(OC)c2OC)C=C2[C@H]3c4c(c(OC)c(C)c(OC)c4OC)C[C@@H](CN21)N3C. The number of hydrogen-bond acceptors (Lipinski definition) is 8. The summed E-state index contributed by atoms with van der Waals surface area (Å²) in [5.74, 6) is 4.70. The predicted molar refractivity (Wildman–Crippen MR) is 147 cm³/mol. The molecule has 2 bridgehead atoms. The van der Waals surface area contributed by atoms with Crippen molar-refractivity contribution in [3.8, 4) is 34.5 Å². The third kappa shape index (κ3) is 3.38. The molecule has 2 aromatic carbocycles.